The molecule has 2 heterocycles. The number of hydrogen-bond donors (Lipinski definition) is 3. The molecular weight excluding hydrogens is 492 g/mol. The van der Waals surface area contributed by atoms with Crippen molar-refractivity contribution in [2.24, 2.45) is 17.7 Å². The van der Waals surface area contributed by atoms with E-state index < -0.39 is 0 Å². The SMILES string of the molecule is CCc1cc2c(cc1OSOON)CCC1C2CC[C@]2(C)c3[nH]nc(C(=O)NCc4ccco4)c3CC12. The van der Waals surface area contributed by atoms with Gasteiger partial charge in [-0.15, -0.1) is 9.32 Å². The molecule has 6 rings (SSSR count). The molecule has 0 spiro atoms. The maximum Gasteiger partial charge on any atom is 0.272 e. The number of benzene rings is 1. The summed E-state index contributed by atoms with van der Waals surface area (Å²) in [4.78, 5) is 17.2. The Bertz CT molecular complexity index is 1290. The summed E-state index contributed by atoms with van der Waals surface area (Å²) in [5.74, 6) is 7.85. The van der Waals surface area contributed by atoms with Crippen LogP contribution in [-0.4, -0.2) is 16.1 Å². The summed E-state index contributed by atoms with van der Waals surface area (Å²) in [7, 11) is 0. The fourth-order valence-electron chi connectivity index (χ4n) is 7.18. The van der Waals surface area contributed by atoms with Crippen LogP contribution in [0.3, 0.4) is 0 Å². The van der Waals surface area contributed by atoms with Crippen LogP contribution in [0.15, 0.2) is 34.9 Å². The minimum absolute atomic E-state index is 0.00733. The summed E-state index contributed by atoms with van der Waals surface area (Å²) in [6.45, 7) is 4.85. The number of aromatic amines is 1. The Morgan fingerprint density at radius 3 is 3.05 bits per heavy atom. The van der Waals surface area contributed by atoms with Gasteiger partial charge in [-0.3, -0.25) is 9.89 Å². The van der Waals surface area contributed by atoms with Gasteiger partial charge < -0.3 is 13.9 Å². The second kappa shape index (κ2) is 9.83. The van der Waals surface area contributed by atoms with E-state index in [0.717, 1.165) is 79.2 Å². The van der Waals surface area contributed by atoms with Gasteiger partial charge in [0.2, 0.25) is 0 Å². The van der Waals surface area contributed by atoms with Crippen molar-refractivity contribution in [1.29, 1.82) is 0 Å². The average molecular weight is 525 g/mol. The summed E-state index contributed by atoms with van der Waals surface area (Å²) in [6, 6.07) is 8.16. The van der Waals surface area contributed by atoms with E-state index in [0.29, 0.717) is 30.0 Å². The fraction of sp³-hybridized carbons (Fsp3) is 0.481. The zero-order chi connectivity index (χ0) is 25.6. The van der Waals surface area contributed by atoms with E-state index in [1.165, 1.54) is 11.1 Å². The molecule has 0 bridgehead atoms. The highest BCUT2D eigenvalue weighted by Crippen LogP contribution is 2.60. The Kier molecular flexibility index (Phi) is 6.52. The molecule has 2 aromatic heterocycles. The minimum Gasteiger partial charge on any atom is -0.467 e. The van der Waals surface area contributed by atoms with Gasteiger partial charge in [0.15, 0.2) is 5.69 Å². The smallest absolute Gasteiger partial charge is 0.272 e. The van der Waals surface area contributed by atoms with Crippen molar-refractivity contribution in [3.63, 3.8) is 0 Å². The number of fused-ring (bicyclic) bond motifs is 7. The number of nitrogens with zero attached hydrogens (tertiary/aromatic N) is 1. The lowest BCUT2D eigenvalue weighted by Gasteiger charge is -2.49. The van der Waals surface area contributed by atoms with Crippen molar-refractivity contribution in [1.82, 2.24) is 15.5 Å². The largest absolute Gasteiger partial charge is 0.467 e. The molecule has 196 valence electrons. The van der Waals surface area contributed by atoms with Crippen LogP contribution < -0.4 is 15.4 Å². The van der Waals surface area contributed by atoms with Gasteiger partial charge in [0.1, 0.15) is 11.5 Å². The average Bonchev–Trinajstić information content (AvgIpc) is 3.64. The Hall–Kier alpha value is -2.79. The first-order chi connectivity index (χ1) is 18.0. The standard InChI is InChI=1S/C27H32N4O5S/c1-3-15-11-20-16(12-23(15)34-37-36-35-28)6-7-19-18(20)8-9-27(2)22(19)13-21-24(30-31-25(21)27)26(32)29-14-17-5-4-10-33-17/h4-5,10-12,18-19,22H,3,6-9,13-14,28H2,1-2H3,(H,29,32)(H,30,31)/t18?,19?,22?,27-/m0/s1. The van der Waals surface area contributed by atoms with E-state index in [2.05, 4.69) is 50.8 Å². The van der Waals surface area contributed by atoms with Crippen LogP contribution in [-0.2, 0) is 40.5 Å². The van der Waals surface area contributed by atoms with Gasteiger partial charge in [0.05, 0.1) is 12.8 Å². The summed E-state index contributed by atoms with van der Waals surface area (Å²) in [6.07, 6.45) is 7.67. The van der Waals surface area contributed by atoms with E-state index in [1.807, 2.05) is 12.1 Å². The molecule has 9 nitrogen and oxygen atoms in total. The first kappa shape index (κ1) is 24.5. The van der Waals surface area contributed by atoms with Crippen molar-refractivity contribution >= 4 is 18.2 Å². The van der Waals surface area contributed by atoms with Crippen molar-refractivity contribution in [2.75, 3.05) is 0 Å². The van der Waals surface area contributed by atoms with Crippen molar-refractivity contribution in [3.05, 3.63) is 69.9 Å². The predicted octanol–water partition coefficient (Wildman–Crippen LogP) is 4.83. The highest BCUT2D eigenvalue weighted by molar-refractivity contribution is 7.90. The maximum absolute atomic E-state index is 13.0. The van der Waals surface area contributed by atoms with Gasteiger partial charge in [-0.05, 0) is 91.2 Å². The number of carbonyl (C=O) groups excluding carboxylic acids is 1. The number of furan rings is 1. The number of hydrogen-bond acceptors (Lipinski definition) is 8. The van der Waals surface area contributed by atoms with Crippen LogP contribution in [0.2, 0.25) is 0 Å². The third-order valence-corrected chi connectivity index (χ3v) is 9.33. The van der Waals surface area contributed by atoms with Crippen molar-refractivity contribution in [3.8, 4) is 5.75 Å². The van der Waals surface area contributed by atoms with Crippen LogP contribution in [0.25, 0.3) is 0 Å². The van der Waals surface area contributed by atoms with E-state index in [9.17, 15) is 4.79 Å². The Balaban J connectivity index is 1.24. The number of carbonyl (C=O) groups is 1. The summed E-state index contributed by atoms with van der Waals surface area (Å²) in [5, 5.41) is 10.7. The molecule has 10 heteroatoms. The number of H-pyrrole nitrogens is 1. The molecule has 1 fully saturated rings. The Morgan fingerprint density at radius 2 is 2.27 bits per heavy atom. The molecule has 3 unspecified atom stereocenters. The molecular formula is C27H32N4O5S. The van der Waals surface area contributed by atoms with Gasteiger partial charge in [-0.2, -0.15) is 11.0 Å². The normalized spacial score (nSPS) is 25.6. The zero-order valence-corrected chi connectivity index (χ0v) is 21.9. The van der Waals surface area contributed by atoms with Crippen LogP contribution >= 0.6 is 12.3 Å². The third-order valence-electron chi connectivity index (χ3n) is 8.95. The van der Waals surface area contributed by atoms with Crippen LogP contribution in [0.1, 0.15) is 83.2 Å². The first-order valence-electron chi connectivity index (χ1n) is 12.9. The molecule has 37 heavy (non-hydrogen) atoms. The van der Waals surface area contributed by atoms with Crippen LogP contribution in [0.4, 0.5) is 0 Å². The maximum atomic E-state index is 13.0. The second-order valence-electron chi connectivity index (χ2n) is 10.6. The highest BCUT2D eigenvalue weighted by Gasteiger charge is 2.55. The number of nitrogens with one attached hydrogen (secondary N) is 2. The lowest BCUT2D eigenvalue weighted by molar-refractivity contribution is -0.199. The van der Waals surface area contributed by atoms with Crippen LogP contribution in [0, 0.1) is 11.8 Å². The second-order valence-corrected chi connectivity index (χ2v) is 11.0. The topological polar surface area (TPSA) is 125 Å². The monoisotopic (exact) mass is 524 g/mol. The molecule has 1 amide bonds. The van der Waals surface area contributed by atoms with Gasteiger partial charge in [0.25, 0.3) is 18.2 Å². The number of aromatic nitrogens is 2. The molecule has 3 aliphatic rings. The lowest BCUT2D eigenvalue weighted by atomic mass is 9.55. The minimum atomic E-state index is -0.149. The summed E-state index contributed by atoms with van der Waals surface area (Å²) >= 11 is 0.727. The summed E-state index contributed by atoms with van der Waals surface area (Å²) in [5.41, 5.74) is 6.73. The van der Waals surface area contributed by atoms with E-state index in [1.54, 1.807) is 6.26 Å². The number of amides is 1. The van der Waals surface area contributed by atoms with Gasteiger partial charge in [0, 0.05) is 16.7 Å². The molecule has 1 saturated carbocycles. The van der Waals surface area contributed by atoms with E-state index >= 15 is 0 Å². The van der Waals surface area contributed by atoms with Crippen molar-refractivity contribution < 1.29 is 22.7 Å². The van der Waals surface area contributed by atoms with Gasteiger partial charge in [-0.1, -0.05) is 19.9 Å². The quantitative estimate of drug-likeness (QED) is 0.166. The first-order valence-corrected chi connectivity index (χ1v) is 13.6. The molecule has 3 aliphatic carbocycles. The lowest BCUT2D eigenvalue weighted by Crippen LogP contribution is -2.43. The Labute approximate surface area is 220 Å². The van der Waals surface area contributed by atoms with E-state index in [4.69, 9.17) is 14.5 Å². The molecule has 0 radical (unpaired) electrons. The molecule has 1 aromatic carbocycles. The molecule has 3 aromatic rings. The van der Waals surface area contributed by atoms with Gasteiger partial charge >= 0.3 is 0 Å². The van der Waals surface area contributed by atoms with Crippen LogP contribution in [0.5, 0.6) is 5.75 Å². The van der Waals surface area contributed by atoms with E-state index in [-0.39, 0.29) is 11.3 Å². The summed E-state index contributed by atoms with van der Waals surface area (Å²) < 4.78 is 15.7. The van der Waals surface area contributed by atoms with Gasteiger partial charge in [-0.25, -0.2) is 0 Å². The molecule has 4 atom stereocenters. The number of rotatable bonds is 8. The number of aryl methyl sites for hydroxylation is 2. The molecule has 0 aliphatic heterocycles. The highest BCUT2D eigenvalue weighted by atomic mass is 32.2. The molecule has 0 saturated heterocycles. The predicted molar refractivity (Wildman–Crippen MR) is 137 cm³/mol. The molecule has 4 N–H and O–H groups in total. The fourth-order valence-corrected chi connectivity index (χ4v) is 7.47. The van der Waals surface area contributed by atoms with Crippen molar-refractivity contribution in [2.45, 2.75) is 70.3 Å². The zero-order valence-electron chi connectivity index (χ0n) is 21.0. The Morgan fingerprint density at radius 1 is 1.38 bits per heavy atom. The third kappa shape index (κ3) is 4.16. The number of nitrogens with two attached hydrogens (primary N) is 1.